The molecular weight excluding hydrogens is 244 g/mol. The van der Waals surface area contributed by atoms with Gasteiger partial charge in [-0.2, -0.15) is 0 Å². The molecule has 0 radical (unpaired) electrons. The number of H-pyrrole nitrogens is 1. The van der Waals surface area contributed by atoms with E-state index in [0.29, 0.717) is 6.42 Å². The van der Waals surface area contributed by atoms with Crippen LogP contribution >= 0.6 is 0 Å². The SMILES string of the molecule is O=c1ccn([C@H]2CC[C@@](CO)(C(O)O)O2)c(=O)[nH]1. The van der Waals surface area contributed by atoms with Crippen molar-refractivity contribution in [1.29, 1.82) is 0 Å². The van der Waals surface area contributed by atoms with Crippen LogP contribution in [0.1, 0.15) is 19.1 Å². The highest BCUT2D eigenvalue weighted by molar-refractivity contribution is 4.92. The normalized spacial score (nSPS) is 27.9. The van der Waals surface area contributed by atoms with Crippen LogP contribution in [0.4, 0.5) is 0 Å². The molecule has 100 valence electrons. The lowest BCUT2D eigenvalue weighted by Gasteiger charge is -2.28. The van der Waals surface area contributed by atoms with Crippen LogP contribution in [0.3, 0.4) is 0 Å². The number of ether oxygens (including phenoxy) is 1. The van der Waals surface area contributed by atoms with Crippen LogP contribution in [0.25, 0.3) is 0 Å². The molecule has 18 heavy (non-hydrogen) atoms. The number of nitrogens with one attached hydrogen (secondary N) is 1. The predicted molar refractivity (Wildman–Crippen MR) is 58.7 cm³/mol. The third-order valence-corrected chi connectivity index (χ3v) is 3.08. The summed E-state index contributed by atoms with van der Waals surface area (Å²) in [7, 11) is 0. The van der Waals surface area contributed by atoms with Crippen molar-refractivity contribution in [2.75, 3.05) is 6.61 Å². The molecule has 0 spiro atoms. The van der Waals surface area contributed by atoms with E-state index in [4.69, 9.17) is 4.74 Å². The number of aliphatic hydroxyl groups is 3. The molecule has 2 rings (SSSR count). The van der Waals surface area contributed by atoms with Crippen molar-refractivity contribution in [2.24, 2.45) is 0 Å². The van der Waals surface area contributed by atoms with E-state index >= 15 is 0 Å². The molecule has 1 fully saturated rings. The number of nitrogens with zero attached hydrogens (tertiary/aromatic N) is 1. The molecule has 0 bridgehead atoms. The average molecular weight is 258 g/mol. The van der Waals surface area contributed by atoms with Crippen LogP contribution in [0, 0.1) is 0 Å². The lowest BCUT2D eigenvalue weighted by Crippen LogP contribution is -2.46. The van der Waals surface area contributed by atoms with E-state index < -0.39 is 36.0 Å². The fourth-order valence-electron chi connectivity index (χ4n) is 1.99. The molecule has 1 aromatic heterocycles. The van der Waals surface area contributed by atoms with E-state index in [9.17, 15) is 24.9 Å². The Morgan fingerprint density at radius 1 is 1.56 bits per heavy atom. The summed E-state index contributed by atoms with van der Waals surface area (Å²) in [5, 5.41) is 27.6. The molecular formula is C10H14N2O6. The first kappa shape index (κ1) is 13.0. The van der Waals surface area contributed by atoms with Gasteiger partial charge in [0.05, 0.1) is 6.61 Å². The number of rotatable bonds is 3. The largest absolute Gasteiger partial charge is 0.393 e. The maximum absolute atomic E-state index is 11.5. The highest BCUT2D eigenvalue weighted by Crippen LogP contribution is 2.37. The molecule has 1 aliphatic heterocycles. The first-order chi connectivity index (χ1) is 8.48. The Morgan fingerprint density at radius 2 is 2.28 bits per heavy atom. The monoisotopic (exact) mass is 258 g/mol. The Bertz CT molecular complexity index is 536. The van der Waals surface area contributed by atoms with Gasteiger partial charge in [-0.3, -0.25) is 14.3 Å². The summed E-state index contributed by atoms with van der Waals surface area (Å²) in [5.74, 6) is 0. The Labute approximate surface area is 101 Å². The van der Waals surface area contributed by atoms with E-state index in [1.54, 1.807) is 0 Å². The van der Waals surface area contributed by atoms with Crippen LogP contribution in [0.15, 0.2) is 21.9 Å². The van der Waals surface area contributed by atoms with Crippen molar-refractivity contribution in [3.8, 4) is 0 Å². The topological polar surface area (TPSA) is 125 Å². The predicted octanol–water partition coefficient (Wildman–Crippen LogP) is -2.11. The molecule has 1 aliphatic rings. The highest BCUT2D eigenvalue weighted by Gasteiger charge is 2.46. The van der Waals surface area contributed by atoms with Gasteiger partial charge < -0.3 is 20.1 Å². The summed E-state index contributed by atoms with van der Waals surface area (Å²) < 4.78 is 6.50. The van der Waals surface area contributed by atoms with Gasteiger partial charge in [0.2, 0.25) is 0 Å². The van der Waals surface area contributed by atoms with E-state index in [2.05, 4.69) is 4.98 Å². The second-order valence-electron chi connectivity index (χ2n) is 4.23. The summed E-state index contributed by atoms with van der Waals surface area (Å²) in [6.45, 7) is -0.570. The van der Waals surface area contributed by atoms with E-state index in [0.717, 1.165) is 4.57 Å². The molecule has 2 atom stereocenters. The lowest BCUT2D eigenvalue weighted by atomic mass is 10.0. The summed E-state index contributed by atoms with van der Waals surface area (Å²) in [6.07, 6.45) is -0.806. The van der Waals surface area contributed by atoms with Gasteiger partial charge >= 0.3 is 5.69 Å². The second-order valence-corrected chi connectivity index (χ2v) is 4.23. The molecule has 1 saturated heterocycles. The van der Waals surface area contributed by atoms with Crippen molar-refractivity contribution in [2.45, 2.75) is 31.0 Å². The third-order valence-electron chi connectivity index (χ3n) is 3.08. The van der Waals surface area contributed by atoms with Gasteiger partial charge in [0, 0.05) is 12.3 Å². The molecule has 2 heterocycles. The smallest absolute Gasteiger partial charge is 0.330 e. The minimum atomic E-state index is -1.84. The fraction of sp³-hybridized carbons (Fsp3) is 0.600. The van der Waals surface area contributed by atoms with Crippen molar-refractivity contribution in [1.82, 2.24) is 9.55 Å². The third kappa shape index (κ3) is 2.10. The van der Waals surface area contributed by atoms with Crippen LogP contribution in [0.2, 0.25) is 0 Å². The van der Waals surface area contributed by atoms with E-state index in [1.807, 2.05) is 0 Å². The average Bonchev–Trinajstić information content (AvgIpc) is 2.74. The molecule has 8 heteroatoms. The number of hydrogen-bond acceptors (Lipinski definition) is 6. The summed E-state index contributed by atoms with van der Waals surface area (Å²) in [6, 6.07) is 1.17. The van der Waals surface area contributed by atoms with Crippen molar-refractivity contribution < 1.29 is 20.1 Å². The van der Waals surface area contributed by atoms with Crippen molar-refractivity contribution >= 4 is 0 Å². The second kappa shape index (κ2) is 4.65. The van der Waals surface area contributed by atoms with Gasteiger partial charge in [-0.15, -0.1) is 0 Å². The number of aromatic nitrogens is 2. The lowest BCUT2D eigenvalue weighted by molar-refractivity contribution is -0.225. The Morgan fingerprint density at radius 3 is 2.78 bits per heavy atom. The number of hydrogen-bond donors (Lipinski definition) is 4. The summed E-state index contributed by atoms with van der Waals surface area (Å²) in [4.78, 5) is 24.5. The maximum Gasteiger partial charge on any atom is 0.330 e. The van der Waals surface area contributed by atoms with Crippen LogP contribution in [-0.4, -0.2) is 43.4 Å². The Hall–Kier alpha value is -1.48. The zero-order chi connectivity index (χ0) is 13.3. The minimum absolute atomic E-state index is 0.192. The molecule has 4 N–H and O–H groups in total. The zero-order valence-electron chi connectivity index (χ0n) is 9.44. The van der Waals surface area contributed by atoms with Gasteiger partial charge in [0.1, 0.15) is 11.8 Å². The van der Waals surface area contributed by atoms with Crippen LogP contribution < -0.4 is 11.2 Å². The van der Waals surface area contributed by atoms with Gasteiger partial charge in [0.15, 0.2) is 6.29 Å². The number of aliphatic hydroxyl groups excluding tert-OH is 2. The van der Waals surface area contributed by atoms with Crippen LogP contribution in [0.5, 0.6) is 0 Å². The van der Waals surface area contributed by atoms with Gasteiger partial charge in [-0.1, -0.05) is 0 Å². The molecule has 0 unspecified atom stereocenters. The first-order valence-electron chi connectivity index (χ1n) is 5.45. The highest BCUT2D eigenvalue weighted by atomic mass is 16.6. The Kier molecular flexibility index (Phi) is 3.35. The zero-order valence-corrected chi connectivity index (χ0v) is 9.44. The molecule has 0 aliphatic carbocycles. The first-order valence-corrected chi connectivity index (χ1v) is 5.45. The minimum Gasteiger partial charge on any atom is -0.393 e. The van der Waals surface area contributed by atoms with Crippen LogP contribution in [-0.2, 0) is 4.74 Å². The molecule has 0 saturated carbocycles. The van der Waals surface area contributed by atoms with Gasteiger partial charge in [-0.25, -0.2) is 4.79 Å². The van der Waals surface area contributed by atoms with E-state index in [1.165, 1.54) is 12.3 Å². The molecule has 0 aromatic carbocycles. The van der Waals surface area contributed by atoms with E-state index in [-0.39, 0.29) is 6.42 Å². The number of aromatic amines is 1. The van der Waals surface area contributed by atoms with Crippen molar-refractivity contribution in [3.63, 3.8) is 0 Å². The summed E-state index contributed by atoms with van der Waals surface area (Å²) >= 11 is 0. The van der Waals surface area contributed by atoms with Crippen molar-refractivity contribution in [3.05, 3.63) is 33.1 Å². The molecule has 0 amide bonds. The molecule has 8 nitrogen and oxygen atoms in total. The molecule has 1 aromatic rings. The standard InChI is InChI=1S/C10H14N2O6/c13-5-10(8(15)16)3-1-7(18-10)12-4-2-6(14)11-9(12)17/h2,4,7-8,13,15-16H,1,3,5H2,(H,11,14,17)/t7-,10-/m1/s1. The van der Waals surface area contributed by atoms with Gasteiger partial charge in [-0.05, 0) is 12.8 Å². The maximum atomic E-state index is 11.5. The quantitative estimate of drug-likeness (QED) is 0.460. The Balaban J connectivity index is 2.28. The fourth-order valence-corrected chi connectivity index (χ4v) is 1.99. The summed E-state index contributed by atoms with van der Waals surface area (Å²) in [5.41, 5.74) is -2.65. The van der Waals surface area contributed by atoms with Gasteiger partial charge in [0.25, 0.3) is 5.56 Å².